The van der Waals surface area contributed by atoms with Crippen molar-refractivity contribution in [2.75, 3.05) is 7.11 Å². The number of hydrogen-bond donors (Lipinski definition) is 0. The standard InChI is InChI=1S/C10H11NO/c1-8-3-4-9(7-12-2)10(5-8)6-11/h3-5H,7H2,1-2H3. The molecule has 62 valence electrons. The van der Waals surface area contributed by atoms with Crippen LogP contribution in [0.4, 0.5) is 0 Å². The Morgan fingerprint density at radius 3 is 2.83 bits per heavy atom. The van der Waals surface area contributed by atoms with Crippen LogP contribution in [0.15, 0.2) is 18.2 Å². The number of methoxy groups -OCH3 is 1. The minimum Gasteiger partial charge on any atom is -0.380 e. The Morgan fingerprint density at radius 2 is 2.25 bits per heavy atom. The second-order valence-electron chi connectivity index (χ2n) is 2.71. The highest BCUT2D eigenvalue weighted by molar-refractivity contribution is 5.39. The molecule has 0 aliphatic heterocycles. The van der Waals surface area contributed by atoms with E-state index in [2.05, 4.69) is 6.07 Å². The van der Waals surface area contributed by atoms with Crippen LogP contribution in [0.25, 0.3) is 0 Å². The molecule has 0 saturated heterocycles. The Balaban J connectivity index is 3.05. The lowest BCUT2D eigenvalue weighted by molar-refractivity contribution is 0.184. The molecule has 0 aliphatic rings. The topological polar surface area (TPSA) is 33.0 Å². The van der Waals surface area contributed by atoms with Crippen LogP contribution in [0, 0.1) is 18.3 Å². The lowest BCUT2D eigenvalue weighted by Crippen LogP contribution is -1.92. The summed E-state index contributed by atoms with van der Waals surface area (Å²) in [7, 11) is 1.63. The van der Waals surface area contributed by atoms with Gasteiger partial charge in [0.05, 0.1) is 18.2 Å². The minimum atomic E-state index is 0.503. The molecule has 1 rings (SSSR count). The molecule has 1 aromatic rings. The van der Waals surface area contributed by atoms with E-state index in [9.17, 15) is 0 Å². The van der Waals surface area contributed by atoms with Gasteiger partial charge < -0.3 is 4.74 Å². The zero-order valence-electron chi connectivity index (χ0n) is 7.29. The van der Waals surface area contributed by atoms with Gasteiger partial charge in [0.2, 0.25) is 0 Å². The Hall–Kier alpha value is -1.33. The van der Waals surface area contributed by atoms with Crippen molar-refractivity contribution in [1.82, 2.24) is 0 Å². The van der Waals surface area contributed by atoms with E-state index < -0.39 is 0 Å². The van der Waals surface area contributed by atoms with Crippen molar-refractivity contribution in [3.8, 4) is 6.07 Å². The molecule has 0 saturated carbocycles. The fourth-order valence-corrected chi connectivity index (χ4v) is 1.08. The number of hydrogen-bond acceptors (Lipinski definition) is 2. The number of nitrogens with zero attached hydrogens (tertiary/aromatic N) is 1. The summed E-state index contributed by atoms with van der Waals surface area (Å²) in [4.78, 5) is 0. The van der Waals surface area contributed by atoms with Gasteiger partial charge in [0, 0.05) is 7.11 Å². The quantitative estimate of drug-likeness (QED) is 0.664. The van der Waals surface area contributed by atoms with E-state index in [0.717, 1.165) is 11.1 Å². The first-order chi connectivity index (χ1) is 5.77. The molecule has 0 aliphatic carbocycles. The van der Waals surface area contributed by atoms with Crippen LogP contribution in [0.1, 0.15) is 16.7 Å². The zero-order valence-corrected chi connectivity index (χ0v) is 7.29. The summed E-state index contributed by atoms with van der Waals surface area (Å²) in [5.74, 6) is 0. The van der Waals surface area contributed by atoms with Gasteiger partial charge in [0.1, 0.15) is 0 Å². The van der Waals surface area contributed by atoms with E-state index in [1.807, 2.05) is 25.1 Å². The van der Waals surface area contributed by atoms with Crippen LogP contribution >= 0.6 is 0 Å². The Kier molecular flexibility index (Phi) is 2.84. The second-order valence-corrected chi connectivity index (χ2v) is 2.71. The molecule has 0 unspecified atom stereocenters. The highest BCUT2D eigenvalue weighted by atomic mass is 16.5. The maximum absolute atomic E-state index is 8.76. The van der Waals surface area contributed by atoms with E-state index in [0.29, 0.717) is 12.2 Å². The van der Waals surface area contributed by atoms with Gasteiger partial charge in [-0.2, -0.15) is 5.26 Å². The van der Waals surface area contributed by atoms with Crippen molar-refractivity contribution in [3.63, 3.8) is 0 Å². The molecule has 2 heteroatoms. The average molecular weight is 161 g/mol. The number of aryl methyl sites for hydroxylation is 1. The SMILES string of the molecule is COCc1ccc(C)cc1C#N. The first-order valence-corrected chi connectivity index (χ1v) is 3.76. The summed E-state index contributed by atoms with van der Waals surface area (Å²) in [5.41, 5.74) is 2.76. The van der Waals surface area contributed by atoms with E-state index in [1.165, 1.54) is 0 Å². The van der Waals surface area contributed by atoms with Gasteiger partial charge in [-0.05, 0) is 24.1 Å². The molecule has 0 fully saturated rings. The Labute approximate surface area is 72.4 Å². The van der Waals surface area contributed by atoms with E-state index in [4.69, 9.17) is 10.00 Å². The summed E-state index contributed by atoms with van der Waals surface area (Å²) in [6.07, 6.45) is 0. The Bertz CT molecular complexity index is 312. The molecule has 0 N–H and O–H groups in total. The maximum Gasteiger partial charge on any atom is 0.0995 e. The van der Waals surface area contributed by atoms with Gasteiger partial charge >= 0.3 is 0 Å². The average Bonchev–Trinajstić information content (AvgIpc) is 2.08. The first-order valence-electron chi connectivity index (χ1n) is 3.76. The molecule has 1 aromatic carbocycles. The molecule has 0 amide bonds. The molecule has 0 bridgehead atoms. The van der Waals surface area contributed by atoms with Crippen molar-refractivity contribution in [2.24, 2.45) is 0 Å². The third-order valence-electron chi connectivity index (χ3n) is 1.69. The molecule has 12 heavy (non-hydrogen) atoms. The lowest BCUT2D eigenvalue weighted by Gasteiger charge is -2.02. The molecule has 0 heterocycles. The van der Waals surface area contributed by atoms with Crippen molar-refractivity contribution in [3.05, 3.63) is 34.9 Å². The van der Waals surface area contributed by atoms with Crippen LogP contribution in [0.2, 0.25) is 0 Å². The third kappa shape index (κ3) is 1.84. The first kappa shape index (κ1) is 8.76. The molecular weight excluding hydrogens is 150 g/mol. The predicted octanol–water partition coefficient (Wildman–Crippen LogP) is 2.01. The predicted molar refractivity (Wildman–Crippen MR) is 46.6 cm³/mol. The summed E-state index contributed by atoms with van der Waals surface area (Å²) in [5, 5.41) is 8.76. The van der Waals surface area contributed by atoms with Crippen LogP contribution in [-0.4, -0.2) is 7.11 Å². The van der Waals surface area contributed by atoms with Crippen LogP contribution in [-0.2, 0) is 11.3 Å². The summed E-state index contributed by atoms with van der Waals surface area (Å²) in [6.45, 7) is 2.47. The van der Waals surface area contributed by atoms with Crippen molar-refractivity contribution in [2.45, 2.75) is 13.5 Å². The van der Waals surface area contributed by atoms with Crippen molar-refractivity contribution in [1.29, 1.82) is 5.26 Å². The minimum absolute atomic E-state index is 0.503. The second kappa shape index (κ2) is 3.89. The Morgan fingerprint density at radius 1 is 1.50 bits per heavy atom. The normalized spacial score (nSPS) is 9.42. The van der Waals surface area contributed by atoms with Crippen molar-refractivity contribution >= 4 is 0 Å². The highest BCUT2D eigenvalue weighted by Gasteiger charge is 2.00. The van der Waals surface area contributed by atoms with E-state index in [1.54, 1.807) is 7.11 Å². The van der Waals surface area contributed by atoms with Gasteiger partial charge in [0.25, 0.3) is 0 Å². The maximum atomic E-state index is 8.76. The lowest BCUT2D eigenvalue weighted by atomic mass is 10.1. The largest absolute Gasteiger partial charge is 0.380 e. The molecule has 0 aromatic heterocycles. The molecular formula is C10H11NO. The number of benzene rings is 1. The third-order valence-corrected chi connectivity index (χ3v) is 1.69. The van der Waals surface area contributed by atoms with Gasteiger partial charge in [-0.15, -0.1) is 0 Å². The van der Waals surface area contributed by atoms with Crippen LogP contribution < -0.4 is 0 Å². The highest BCUT2D eigenvalue weighted by Crippen LogP contribution is 2.11. The van der Waals surface area contributed by atoms with Gasteiger partial charge in [-0.1, -0.05) is 12.1 Å². The number of ether oxygens (including phenoxy) is 1. The smallest absolute Gasteiger partial charge is 0.0995 e. The monoisotopic (exact) mass is 161 g/mol. The van der Waals surface area contributed by atoms with Crippen molar-refractivity contribution < 1.29 is 4.74 Å². The summed E-state index contributed by atoms with van der Waals surface area (Å²) in [6, 6.07) is 7.92. The van der Waals surface area contributed by atoms with Gasteiger partial charge in [-0.3, -0.25) is 0 Å². The van der Waals surface area contributed by atoms with E-state index >= 15 is 0 Å². The summed E-state index contributed by atoms with van der Waals surface area (Å²) < 4.78 is 4.96. The summed E-state index contributed by atoms with van der Waals surface area (Å²) >= 11 is 0. The van der Waals surface area contributed by atoms with Crippen LogP contribution in [0.3, 0.4) is 0 Å². The van der Waals surface area contributed by atoms with Gasteiger partial charge in [0.15, 0.2) is 0 Å². The zero-order chi connectivity index (χ0) is 8.97. The molecule has 0 atom stereocenters. The number of rotatable bonds is 2. The molecule has 0 radical (unpaired) electrons. The van der Waals surface area contributed by atoms with E-state index in [-0.39, 0.29) is 0 Å². The molecule has 2 nitrogen and oxygen atoms in total. The fourth-order valence-electron chi connectivity index (χ4n) is 1.08. The molecule has 0 spiro atoms. The fraction of sp³-hybridized carbons (Fsp3) is 0.300. The van der Waals surface area contributed by atoms with Gasteiger partial charge in [-0.25, -0.2) is 0 Å². The number of nitriles is 1. The van der Waals surface area contributed by atoms with Crippen LogP contribution in [0.5, 0.6) is 0 Å².